The zero-order valence-corrected chi connectivity index (χ0v) is 21.3. The number of nitrogens with zero attached hydrogens (tertiary/aromatic N) is 2. The molecular weight excluding hydrogens is 486 g/mol. The minimum absolute atomic E-state index is 0.0537. The number of rotatable bonds is 7. The van der Waals surface area contributed by atoms with E-state index in [1.165, 1.54) is 7.11 Å². The standard InChI is InChI=1S/C30H26ClN3O3/c1-36-25-15-10-21(11-16-25)28-19-27(33-34(28)24-6-4-3-5-7-24)20-8-13-23(14-9-20)32-30(35)26-18-22(31)12-17-29(26)37-2/h3-18,28H,19H2,1-2H3,(H,32,35). The molecule has 1 heterocycles. The Balaban J connectivity index is 1.38. The number of ether oxygens (including phenoxy) is 2. The van der Waals surface area contributed by atoms with Crippen LogP contribution in [0, 0.1) is 0 Å². The molecule has 1 aliphatic heterocycles. The molecule has 37 heavy (non-hydrogen) atoms. The van der Waals surface area contributed by atoms with Gasteiger partial charge in [0.05, 0.1) is 37.2 Å². The summed E-state index contributed by atoms with van der Waals surface area (Å²) in [7, 11) is 3.19. The molecule has 1 N–H and O–H groups in total. The summed E-state index contributed by atoms with van der Waals surface area (Å²) in [5.41, 5.74) is 5.19. The van der Waals surface area contributed by atoms with E-state index in [4.69, 9.17) is 26.2 Å². The van der Waals surface area contributed by atoms with Crippen molar-refractivity contribution in [2.24, 2.45) is 5.10 Å². The van der Waals surface area contributed by atoms with Gasteiger partial charge in [0.1, 0.15) is 11.5 Å². The van der Waals surface area contributed by atoms with Gasteiger partial charge in [0.25, 0.3) is 5.91 Å². The molecule has 4 aromatic carbocycles. The molecular formula is C30H26ClN3O3. The Morgan fingerprint density at radius 1 is 0.919 bits per heavy atom. The molecule has 0 radical (unpaired) electrons. The van der Waals surface area contributed by atoms with Crippen LogP contribution in [-0.2, 0) is 0 Å². The first-order chi connectivity index (χ1) is 18.1. The first-order valence-electron chi connectivity index (χ1n) is 11.9. The second-order valence-corrected chi connectivity index (χ2v) is 9.03. The molecule has 0 fully saturated rings. The summed E-state index contributed by atoms with van der Waals surface area (Å²) in [5.74, 6) is 0.992. The summed E-state index contributed by atoms with van der Waals surface area (Å²) in [6.45, 7) is 0. The van der Waals surface area contributed by atoms with Crippen molar-refractivity contribution in [1.82, 2.24) is 0 Å². The molecule has 0 bridgehead atoms. The molecule has 0 saturated heterocycles. The Morgan fingerprint density at radius 2 is 1.65 bits per heavy atom. The zero-order chi connectivity index (χ0) is 25.8. The number of halogens is 1. The Kier molecular flexibility index (Phi) is 7.10. The van der Waals surface area contributed by atoms with Crippen molar-refractivity contribution in [2.75, 3.05) is 24.5 Å². The normalized spacial score (nSPS) is 14.7. The van der Waals surface area contributed by atoms with Crippen molar-refractivity contribution in [1.29, 1.82) is 0 Å². The summed E-state index contributed by atoms with van der Waals surface area (Å²) >= 11 is 6.08. The number of hydrogen-bond acceptors (Lipinski definition) is 5. The van der Waals surface area contributed by atoms with Crippen LogP contribution in [0.4, 0.5) is 11.4 Å². The molecule has 5 rings (SSSR count). The minimum atomic E-state index is -0.292. The third-order valence-electron chi connectivity index (χ3n) is 6.31. The van der Waals surface area contributed by atoms with Crippen LogP contribution in [0.25, 0.3) is 0 Å². The van der Waals surface area contributed by atoms with Gasteiger partial charge in [-0.25, -0.2) is 0 Å². The highest BCUT2D eigenvalue weighted by Crippen LogP contribution is 2.37. The number of amides is 1. The molecule has 186 valence electrons. The predicted octanol–water partition coefficient (Wildman–Crippen LogP) is 6.97. The quantitative estimate of drug-likeness (QED) is 0.291. The van der Waals surface area contributed by atoms with Gasteiger partial charge in [-0.3, -0.25) is 9.80 Å². The van der Waals surface area contributed by atoms with E-state index < -0.39 is 0 Å². The Bertz CT molecular complexity index is 1420. The lowest BCUT2D eigenvalue weighted by Crippen LogP contribution is -2.18. The van der Waals surface area contributed by atoms with Crippen molar-refractivity contribution in [3.8, 4) is 11.5 Å². The summed E-state index contributed by atoms with van der Waals surface area (Å²) < 4.78 is 10.6. The third-order valence-corrected chi connectivity index (χ3v) is 6.55. The van der Waals surface area contributed by atoms with Gasteiger partial charge in [0, 0.05) is 17.1 Å². The topological polar surface area (TPSA) is 63.2 Å². The zero-order valence-electron chi connectivity index (χ0n) is 20.5. The Morgan fingerprint density at radius 3 is 2.32 bits per heavy atom. The van der Waals surface area contributed by atoms with Crippen LogP contribution in [0.2, 0.25) is 5.02 Å². The molecule has 7 heteroatoms. The third kappa shape index (κ3) is 5.29. The van der Waals surface area contributed by atoms with Crippen molar-refractivity contribution in [3.63, 3.8) is 0 Å². The van der Waals surface area contributed by atoms with Crippen LogP contribution in [-0.4, -0.2) is 25.8 Å². The van der Waals surface area contributed by atoms with E-state index in [0.717, 1.165) is 34.7 Å². The van der Waals surface area contributed by atoms with Gasteiger partial charge in [0.2, 0.25) is 0 Å². The average Bonchev–Trinajstić information content (AvgIpc) is 3.39. The van der Waals surface area contributed by atoms with E-state index in [2.05, 4.69) is 34.6 Å². The lowest BCUT2D eigenvalue weighted by Gasteiger charge is -2.24. The number of para-hydroxylation sites is 1. The van der Waals surface area contributed by atoms with Crippen LogP contribution < -0.4 is 19.8 Å². The molecule has 0 aliphatic carbocycles. The van der Waals surface area contributed by atoms with E-state index in [9.17, 15) is 4.79 Å². The van der Waals surface area contributed by atoms with Gasteiger partial charge >= 0.3 is 0 Å². The second-order valence-electron chi connectivity index (χ2n) is 8.60. The van der Waals surface area contributed by atoms with Gasteiger partial charge in [0.15, 0.2) is 0 Å². The first-order valence-corrected chi connectivity index (χ1v) is 12.2. The van der Waals surface area contributed by atoms with Crippen molar-refractivity contribution in [2.45, 2.75) is 12.5 Å². The summed E-state index contributed by atoms with van der Waals surface area (Å²) in [6.07, 6.45) is 0.743. The number of nitrogens with one attached hydrogen (secondary N) is 1. The van der Waals surface area contributed by atoms with Gasteiger partial charge in [-0.05, 0) is 65.7 Å². The summed E-state index contributed by atoms with van der Waals surface area (Å²) in [6, 6.07) is 31.0. The number of hydrogen-bond donors (Lipinski definition) is 1. The van der Waals surface area contributed by atoms with Gasteiger partial charge in [-0.15, -0.1) is 0 Å². The van der Waals surface area contributed by atoms with Crippen LogP contribution in [0.5, 0.6) is 11.5 Å². The molecule has 0 saturated carbocycles. The van der Waals surface area contributed by atoms with Gasteiger partial charge in [-0.1, -0.05) is 54.1 Å². The van der Waals surface area contributed by atoms with E-state index in [1.807, 2.05) is 54.6 Å². The van der Waals surface area contributed by atoms with Gasteiger partial charge in [-0.2, -0.15) is 5.10 Å². The molecule has 0 aromatic heterocycles. The SMILES string of the molecule is COc1ccc(C2CC(c3ccc(NC(=O)c4cc(Cl)ccc4OC)cc3)=NN2c2ccccc2)cc1. The number of methoxy groups -OCH3 is 2. The number of carbonyl (C=O) groups is 1. The fraction of sp³-hybridized carbons (Fsp3) is 0.133. The monoisotopic (exact) mass is 511 g/mol. The summed E-state index contributed by atoms with van der Waals surface area (Å²) in [4.78, 5) is 12.8. The van der Waals surface area contributed by atoms with Crippen LogP contribution in [0.1, 0.15) is 33.9 Å². The first kappa shape index (κ1) is 24.4. The van der Waals surface area contributed by atoms with Crippen LogP contribution in [0.3, 0.4) is 0 Å². The molecule has 1 unspecified atom stereocenters. The summed E-state index contributed by atoms with van der Waals surface area (Å²) in [5, 5.41) is 10.5. The Labute approximate surface area is 221 Å². The largest absolute Gasteiger partial charge is 0.497 e. The molecule has 1 amide bonds. The van der Waals surface area contributed by atoms with E-state index in [1.54, 1.807) is 25.3 Å². The maximum absolute atomic E-state index is 12.8. The molecule has 1 aliphatic rings. The Hall–Kier alpha value is -4.29. The number of carbonyl (C=O) groups excluding carboxylic acids is 1. The van der Waals surface area contributed by atoms with Crippen molar-refractivity contribution >= 4 is 34.6 Å². The fourth-order valence-corrected chi connectivity index (χ4v) is 4.56. The fourth-order valence-electron chi connectivity index (χ4n) is 4.39. The van der Waals surface area contributed by atoms with Crippen LogP contribution in [0.15, 0.2) is 102 Å². The highest BCUT2D eigenvalue weighted by molar-refractivity contribution is 6.31. The number of anilines is 2. The van der Waals surface area contributed by atoms with Crippen molar-refractivity contribution < 1.29 is 14.3 Å². The minimum Gasteiger partial charge on any atom is -0.497 e. The average molecular weight is 512 g/mol. The number of benzene rings is 4. The predicted molar refractivity (Wildman–Crippen MR) is 148 cm³/mol. The molecule has 0 spiro atoms. The second kappa shape index (κ2) is 10.8. The lowest BCUT2D eigenvalue weighted by molar-refractivity contribution is 0.102. The smallest absolute Gasteiger partial charge is 0.259 e. The number of hydrazone groups is 1. The van der Waals surface area contributed by atoms with E-state index in [-0.39, 0.29) is 11.9 Å². The highest BCUT2D eigenvalue weighted by Gasteiger charge is 2.30. The van der Waals surface area contributed by atoms with E-state index in [0.29, 0.717) is 22.0 Å². The maximum atomic E-state index is 12.8. The highest BCUT2D eigenvalue weighted by atomic mass is 35.5. The lowest BCUT2D eigenvalue weighted by atomic mass is 9.98. The molecule has 1 atom stereocenters. The van der Waals surface area contributed by atoms with Crippen molar-refractivity contribution in [3.05, 3.63) is 119 Å². The molecule has 4 aromatic rings. The molecule has 6 nitrogen and oxygen atoms in total. The maximum Gasteiger partial charge on any atom is 0.259 e. The van der Waals surface area contributed by atoms with Crippen LogP contribution >= 0.6 is 11.6 Å². The van der Waals surface area contributed by atoms with Gasteiger partial charge < -0.3 is 14.8 Å². The van der Waals surface area contributed by atoms with E-state index >= 15 is 0 Å².